The molecule has 1 aromatic rings. The summed E-state index contributed by atoms with van der Waals surface area (Å²) in [6, 6.07) is 3.35. The van der Waals surface area contributed by atoms with Crippen molar-refractivity contribution in [3.63, 3.8) is 0 Å². The number of nitrogen functional groups attached to an aromatic ring is 1. The average Bonchev–Trinajstić information content (AvgIpc) is 2.73. The fraction of sp³-hybridized carbons (Fsp3) is 0.538. The number of aliphatic hydroxyl groups is 1. The van der Waals surface area contributed by atoms with Crippen LogP contribution in [0.25, 0.3) is 0 Å². The number of nitrogens with zero attached hydrogens (tertiary/aromatic N) is 3. The van der Waals surface area contributed by atoms with Crippen LogP contribution in [0.3, 0.4) is 0 Å². The number of hydrogen-bond acceptors (Lipinski definition) is 6. The van der Waals surface area contributed by atoms with E-state index >= 15 is 0 Å². The number of aliphatic hydroxyl groups excluding tert-OH is 1. The van der Waals surface area contributed by atoms with Gasteiger partial charge in [0.1, 0.15) is 5.82 Å². The van der Waals surface area contributed by atoms with Crippen molar-refractivity contribution in [2.24, 2.45) is 5.84 Å². The number of hydrazine groups is 1. The number of nitrogens with two attached hydrogens (primary N) is 1. The normalized spacial score (nSPS) is 16.8. The summed E-state index contributed by atoms with van der Waals surface area (Å²) in [6.45, 7) is 3.93. The van der Waals surface area contributed by atoms with Crippen LogP contribution in [0.1, 0.15) is 16.8 Å². The smallest absolute Gasteiger partial charge is 0.254 e. The molecule has 1 saturated heterocycles. The maximum Gasteiger partial charge on any atom is 0.254 e. The van der Waals surface area contributed by atoms with Crippen molar-refractivity contribution < 1.29 is 9.90 Å². The highest BCUT2D eigenvalue weighted by atomic mass is 16.3. The SMILES string of the molecule is NNc1cc(C(=O)N2CCCN(CCO)CC2)ccn1. The molecule has 2 rings (SSSR count). The summed E-state index contributed by atoms with van der Waals surface area (Å²) in [6.07, 6.45) is 2.48. The number of β-amino-alcohol motifs (C(OH)–C–C–N with tert-alkyl or cyclic N) is 1. The van der Waals surface area contributed by atoms with Gasteiger partial charge in [-0.05, 0) is 25.1 Å². The highest BCUT2D eigenvalue weighted by Crippen LogP contribution is 2.11. The zero-order valence-electron chi connectivity index (χ0n) is 11.5. The molecule has 1 aromatic heterocycles. The number of anilines is 1. The Hall–Kier alpha value is -1.70. The van der Waals surface area contributed by atoms with Gasteiger partial charge in [-0.25, -0.2) is 10.8 Å². The fourth-order valence-electron chi connectivity index (χ4n) is 2.36. The number of carbonyl (C=O) groups excluding carboxylic acids is 1. The van der Waals surface area contributed by atoms with Gasteiger partial charge in [0.05, 0.1) is 6.61 Å². The van der Waals surface area contributed by atoms with Crippen LogP contribution in [-0.2, 0) is 0 Å². The summed E-state index contributed by atoms with van der Waals surface area (Å²) in [5.41, 5.74) is 3.03. The quantitative estimate of drug-likeness (QED) is 0.508. The molecule has 1 aliphatic rings. The lowest BCUT2D eigenvalue weighted by molar-refractivity contribution is 0.0760. The van der Waals surface area contributed by atoms with E-state index < -0.39 is 0 Å². The Bertz CT molecular complexity index is 454. The first-order chi connectivity index (χ1) is 9.74. The van der Waals surface area contributed by atoms with Crippen LogP contribution in [0.2, 0.25) is 0 Å². The van der Waals surface area contributed by atoms with Crippen molar-refractivity contribution in [3.05, 3.63) is 23.9 Å². The number of aromatic nitrogens is 1. The van der Waals surface area contributed by atoms with E-state index in [1.165, 1.54) is 0 Å². The predicted octanol–water partition coefficient (Wildman–Crippen LogP) is -0.493. The van der Waals surface area contributed by atoms with Gasteiger partial charge in [-0.2, -0.15) is 0 Å². The Balaban J connectivity index is 2.01. The molecule has 1 fully saturated rings. The molecular formula is C13H21N5O2. The molecule has 1 aliphatic heterocycles. The molecule has 1 amide bonds. The van der Waals surface area contributed by atoms with E-state index in [1.54, 1.807) is 18.3 Å². The number of hydrogen-bond donors (Lipinski definition) is 3. The van der Waals surface area contributed by atoms with Gasteiger partial charge < -0.3 is 15.4 Å². The lowest BCUT2D eigenvalue weighted by Crippen LogP contribution is -2.36. The molecule has 2 heterocycles. The first-order valence-electron chi connectivity index (χ1n) is 6.79. The van der Waals surface area contributed by atoms with Crippen molar-refractivity contribution in [2.45, 2.75) is 6.42 Å². The van der Waals surface area contributed by atoms with E-state index in [4.69, 9.17) is 10.9 Å². The summed E-state index contributed by atoms with van der Waals surface area (Å²) in [5.74, 6) is 5.78. The summed E-state index contributed by atoms with van der Waals surface area (Å²) in [4.78, 5) is 20.5. The predicted molar refractivity (Wildman–Crippen MR) is 76.1 cm³/mol. The molecule has 7 heteroatoms. The van der Waals surface area contributed by atoms with E-state index in [1.807, 2.05) is 4.90 Å². The lowest BCUT2D eigenvalue weighted by atomic mass is 10.2. The van der Waals surface area contributed by atoms with Gasteiger partial charge in [0.25, 0.3) is 5.91 Å². The largest absolute Gasteiger partial charge is 0.395 e. The Labute approximate surface area is 118 Å². The van der Waals surface area contributed by atoms with E-state index in [9.17, 15) is 4.79 Å². The van der Waals surface area contributed by atoms with Crippen LogP contribution >= 0.6 is 0 Å². The van der Waals surface area contributed by atoms with Gasteiger partial charge in [0, 0.05) is 37.9 Å². The molecule has 4 N–H and O–H groups in total. The van der Waals surface area contributed by atoms with Gasteiger partial charge in [0.2, 0.25) is 0 Å². The highest BCUT2D eigenvalue weighted by molar-refractivity contribution is 5.94. The van der Waals surface area contributed by atoms with Gasteiger partial charge in [-0.15, -0.1) is 0 Å². The van der Waals surface area contributed by atoms with Crippen LogP contribution in [0, 0.1) is 0 Å². The van der Waals surface area contributed by atoms with Crippen LogP contribution in [0.5, 0.6) is 0 Å². The number of pyridine rings is 1. The molecule has 0 saturated carbocycles. The number of rotatable bonds is 4. The Morgan fingerprint density at radius 2 is 2.25 bits per heavy atom. The zero-order valence-corrected chi connectivity index (χ0v) is 11.5. The molecular weight excluding hydrogens is 258 g/mol. The summed E-state index contributed by atoms with van der Waals surface area (Å²) < 4.78 is 0. The third-order valence-corrected chi connectivity index (χ3v) is 3.45. The number of carbonyl (C=O) groups is 1. The van der Waals surface area contributed by atoms with Crippen molar-refractivity contribution >= 4 is 11.7 Å². The molecule has 7 nitrogen and oxygen atoms in total. The summed E-state index contributed by atoms with van der Waals surface area (Å²) in [7, 11) is 0. The van der Waals surface area contributed by atoms with Crippen LogP contribution in [0.15, 0.2) is 18.3 Å². The Morgan fingerprint density at radius 3 is 3.00 bits per heavy atom. The highest BCUT2D eigenvalue weighted by Gasteiger charge is 2.20. The number of amides is 1. The second-order valence-electron chi connectivity index (χ2n) is 4.79. The van der Waals surface area contributed by atoms with Crippen molar-refractivity contribution in [3.8, 4) is 0 Å². The van der Waals surface area contributed by atoms with Crippen LogP contribution < -0.4 is 11.3 Å². The van der Waals surface area contributed by atoms with Crippen molar-refractivity contribution in [2.75, 3.05) is 44.8 Å². The molecule has 0 aromatic carbocycles. The minimum atomic E-state index is -0.00486. The first-order valence-corrected chi connectivity index (χ1v) is 6.79. The molecule has 0 spiro atoms. The maximum absolute atomic E-state index is 12.4. The molecule has 0 radical (unpaired) electrons. The third-order valence-electron chi connectivity index (χ3n) is 3.45. The van der Waals surface area contributed by atoms with Crippen LogP contribution in [-0.4, -0.2) is 65.1 Å². The topological polar surface area (TPSA) is 94.7 Å². The van der Waals surface area contributed by atoms with E-state index in [2.05, 4.69) is 15.3 Å². The van der Waals surface area contributed by atoms with E-state index in [-0.39, 0.29) is 12.5 Å². The second kappa shape index (κ2) is 7.18. The standard InChI is InChI=1S/C13H21N5O2/c14-16-12-10-11(2-3-15-12)13(20)18-5-1-4-17(6-7-18)8-9-19/h2-3,10,19H,1,4-9,14H2,(H,15,16). The van der Waals surface area contributed by atoms with E-state index in [0.717, 1.165) is 26.1 Å². The monoisotopic (exact) mass is 279 g/mol. The second-order valence-corrected chi connectivity index (χ2v) is 4.79. The molecule has 0 aliphatic carbocycles. The molecule has 110 valence electrons. The van der Waals surface area contributed by atoms with Gasteiger partial charge in [-0.3, -0.25) is 9.69 Å². The lowest BCUT2D eigenvalue weighted by Gasteiger charge is -2.21. The van der Waals surface area contributed by atoms with Gasteiger partial charge in [0.15, 0.2) is 0 Å². The van der Waals surface area contributed by atoms with Gasteiger partial charge in [-0.1, -0.05) is 0 Å². The third kappa shape index (κ3) is 3.66. The van der Waals surface area contributed by atoms with Crippen LogP contribution in [0.4, 0.5) is 5.82 Å². The van der Waals surface area contributed by atoms with Gasteiger partial charge >= 0.3 is 0 Å². The molecule has 0 atom stereocenters. The molecule has 20 heavy (non-hydrogen) atoms. The summed E-state index contributed by atoms with van der Waals surface area (Å²) >= 11 is 0. The van der Waals surface area contributed by atoms with Crippen molar-refractivity contribution in [1.29, 1.82) is 0 Å². The summed E-state index contributed by atoms with van der Waals surface area (Å²) in [5, 5.41) is 8.97. The van der Waals surface area contributed by atoms with E-state index in [0.29, 0.717) is 24.5 Å². The zero-order chi connectivity index (χ0) is 14.4. The molecule has 0 unspecified atom stereocenters. The number of nitrogens with one attached hydrogen (secondary N) is 1. The Morgan fingerprint density at radius 1 is 1.40 bits per heavy atom. The first kappa shape index (κ1) is 14.7. The Kier molecular flexibility index (Phi) is 5.28. The minimum Gasteiger partial charge on any atom is -0.395 e. The van der Waals surface area contributed by atoms with Crippen molar-refractivity contribution in [1.82, 2.24) is 14.8 Å². The average molecular weight is 279 g/mol. The molecule has 0 bridgehead atoms. The fourth-order valence-corrected chi connectivity index (χ4v) is 2.36. The minimum absolute atomic E-state index is 0.00486. The maximum atomic E-state index is 12.4.